The number of hydrogen-bond acceptors (Lipinski definition) is 9. The number of nitrogens with one attached hydrogen (secondary N) is 1. The van der Waals surface area contributed by atoms with E-state index in [-0.39, 0.29) is 17.6 Å². The monoisotopic (exact) mass is 391 g/mol. The number of thioether (sulfide) groups is 2. The minimum atomic E-state index is -0.256. The molecule has 2 rings (SSSR count). The molecule has 10 heteroatoms. The van der Waals surface area contributed by atoms with Gasteiger partial charge in [0.15, 0.2) is 11.5 Å². The standard InChI is InChI=1S/C16H17N5O3S2/c1-23-11-5-4-9(6-12(11)24-2)19-13(22)8-26-15-10(7-17)14(25-3)20-16(18)21-15/h4-6H,8H2,1-3H3,(H,19,22)(H2,18,20,21). The van der Waals surface area contributed by atoms with Gasteiger partial charge in [-0.25, -0.2) is 9.97 Å². The second-order valence-corrected chi connectivity index (χ2v) is 6.55. The third-order valence-electron chi connectivity index (χ3n) is 3.17. The molecule has 1 aromatic carbocycles. The molecule has 0 aliphatic heterocycles. The maximum absolute atomic E-state index is 12.2. The Morgan fingerprint density at radius 1 is 1.27 bits per heavy atom. The molecule has 0 unspecified atom stereocenters. The summed E-state index contributed by atoms with van der Waals surface area (Å²) in [4.78, 5) is 20.3. The third kappa shape index (κ3) is 4.71. The lowest BCUT2D eigenvalue weighted by Crippen LogP contribution is -2.14. The van der Waals surface area contributed by atoms with Crippen molar-refractivity contribution in [1.29, 1.82) is 5.26 Å². The van der Waals surface area contributed by atoms with Crippen molar-refractivity contribution in [2.45, 2.75) is 10.1 Å². The summed E-state index contributed by atoms with van der Waals surface area (Å²) in [5.74, 6) is 0.954. The van der Waals surface area contributed by atoms with E-state index in [2.05, 4.69) is 21.4 Å². The smallest absolute Gasteiger partial charge is 0.234 e. The highest BCUT2D eigenvalue weighted by Gasteiger charge is 2.15. The number of nitriles is 1. The number of nitrogens with zero attached hydrogens (tertiary/aromatic N) is 3. The van der Waals surface area contributed by atoms with E-state index in [4.69, 9.17) is 15.2 Å². The lowest BCUT2D eigenvalue weighted by atomic mass is 10.2. The van der Waals surface area contributed by atoms with Crippen LogP contribution in [0.4, 0.5) is 11.6 Å². The van der Waals surface area contributed by atoms with E-state index in [0.717, 1.165) is 11.8 Å². The molecule has 3 N–H and O–H groups in total. The van der Waals surface area contributed by atoms with E-state index in [1.807, 2.05) is 0 Å². The summed E-state index contributed by atoms with van der Waals surface area (Å²) in [5, 5.41) is 12.9. The van der Waals surface area contributed by atoms with Gasteiger partial charge in [0.2, 0.25) is 11.9 Å². The van der Waals surface area contributed by atoms with E-state index in [9.17, 15) is 10.1 Å². The Balaban J connectivity index is 2.08. The quantitative estimate of drug-likeness (QED) is 0.541. The van der Waals surface area contributed by atoms with Gasteiger partial charge in [0, 0.05) is 11.8 Å². The zero-order valence-electron chi connectivity index (χ0n) is 14.4. The Hall–Kier alpha value is -2.64. The molecule has 136 valence electrons. The normalized spacial score (nSPS) is 10.1. The van der Waals surface area contributed by atoms with Gasteiger partial charge in [0.1, 0.15) is 21.7 Å². The Bertz CT molecular complexity index is 855. The Kier molecular flexibility index (Phi) is 6.94. The van der Waals surface area contributed by atoms with Crippen LogP contribution in [0.3, 0.4) is 0 Å². The predicted molar refractivity (Wildman–Crippen MR) is 102 cm³/mol. The zero-order valence-corrected chi connectivity index (χ0v) is 16.0. The maximum atomic E-state index is 12.2. The van der Waals surface area contributed by atoms with Crippen LogP contribution in [0.2, 0.25) is 0 Å². The third-order valence-corrected chi connectivity index (χ3v) is 4.83. The van der Waals surface area contributed by atoms with Gasteiger partial charge in [-0.1, -0.05) is 11.8 Å². The number of hydrogen-bond donors (Lipinski definition) is 2. The van der Waals surface area contributed by atoms with E-state index in [0.29, 0.717) is 32.8 Å². The second kappa shape index (κ2) is 9.17. The minimum Gasteiger partial charge on any atom is -0.493 e. The van der Waals surface area contributed by atoms with Crippen LogP contribution in [-0.4, -0.2) is 42.1 Å². The van der Waals surface area contributed by atoms with E-state index < -0.39 is 0 Å². The largest absolute Gasteiger partial charge is 0.493 e. The molecule has 1 amide bonds. The summed E-state index contributed by atoms with van der Waals surface area (Å²) in [6.07, 6.45) is 1.79. The van der Waals surface area contributed by atoms with Gasteiger partial charge in [0.25, 0.3) is 0 Å². The second-order valence-electron chi connectivity index (χ2n) is 4.79. The number of ether oxygens (including phenoxy) is 2. The summed E-state index contributed by atoms with van der Waals surface area (Å²) < 4.78 is 10.4. The average molecular weight is 391 g/mol. The van der Waals surface area contributed by atoms with Crippen molar-refractivity contribution >= 4 is 41.1 Å². The van der Waals surface area contributed by atoms with E-state index in [1.165, 1.54) is 26.0 Å². The van der Waals surface area contributed by atoms with Crippen molar-refractivity contribution in [3.05, 3.63) is 23.8 Å². The van der Waals surface area contributed by atoms with Gasteiger partial charge < -0.3 is 20.5 Å². The van der Waals surface area contributed by atoms with Crippen LogP contribution in [0.25, 0.3) is 0 Å². The first-order valence-electron chi connectivity index (χ1n) is 7.28. The molecule has 1 aromatic heterocycles. The fourth-order valence-electron chi connectivity index (χ4n) is 2.03. The Morgan fingerprint density at radius 2 is 1.96 bits per heavy atom. The highest BCUT2D eigenvalue weighted by Crippen LogP contribution is 2.30. The van der Waals surface area contributed by atoms with Crippen LogP contribution in [0.1, 0.15) is 5.56 Å². The SMILES string of the molecule is COc1ccc(NC(=O)CSc2nc(N)nc(SC)c2C#N)cc1OC. The Morgan fingerprint density at radius 3 is 2.58 bits per heavy atom. The number of nitrogens with two attached hydrogens (primary N) is 1. The summed E-state index contributed by atoms with van der Waals surface area (Å²) in [5.41, 5.74) is 6.55. The van der Waals surface area contributed by atoms with E-state index in [1.54, 1.807) is 24.5 Å². The summed E-state index contributed by atoms with van der Waals surface area (Å²) in [7, 11) is 3.06. The molecule has 0 fully saturated rings. The number of amides is 1. The number of carbonyl (C=O) groups excluding carboxylic acids is 1. The molecule has 0 spiro atoms. The molecule has 2 aromatic rings. The van der Waals surface area contributed by atoms with Crippen LogP contribution in [0.15, 0.2) is 28.3 Å². The number of nitrogen functional groups attached to an aromatic ring is 1. The average Bonchev–Trinajstić information content (AvgIpc) is 2.65. The highest BCUT2D eigenvalue weighted by molar-refractivity contribution is 8.00. The van der Waals surface area contributed by atoms with Crippen molar-refractivity contribution in [1.82, 2.24) is 9.97 Å². The predicted octanol–water partition coefficient (Wildman–Crippen LogP) is 2.40. The van der Waals surface area contributed by atoms with Gasteiger partial charge in [0.05, 0.1) is 20.0 Å². The number of benzene rings is 1. The van der Waals surface area contributed by atoms with Crippen molar-refractivity contribution < 1.29 is 14.3 Å². The van der Waals surface area contributed by atoms with Crippen LogP contribution >= 0.6 is 23.5 Å². The van der Waals surface area contributed by atoms with Gasteiger partial charge in [-0.3, -0.25) is 4.79 Å². The van der Waals surface area contributed by atoms with Crippen LogP contribution in [-0.2, 0) is 4.79 Å². The molecule has 0 saturated carbocycles. The zero-order chi connectivity index (χ0) is 19.1. The number of anilines is 2. The first kappa shape index (κ1) is 19.7. The molecule has 0 atom stereocenters. The fraction of sp³-hybridized carbons (Fsp3) is 0.250. The first-order chi connectivity index (χ1) is 12.5. The summed E-state index contributed by atoms with van der Waals surface area (Å²) in [6.45, 7) is 0. The van der Waals surface area contributed by atoms with Gasteiger partial charge >= 0.3 is 0 Å². The lowest BCUT2D eigenvalue weighted by Gasteiger charge is -2.11. The number of carbonyl (C=O) groups is 1. The minimum absolute atomic E-state index is 0.0628. The van der Waals surface area contributed by atoms with Crippen molar-refractivity contribution in [2.24, 2.45) is 0 Å². The number of aromatic nitrogens is 2. The molecule has 0 bridgehead atoms. The van der Waals surface area contributed by atoms with E-state index >= 15 is 0 Å². The molecule has 0 aliphatic carbocycles. The summed E-state index contributed by atoms with van der Waals surface area (Å²) >= 11 is 2.42. The van der Waals surface area contributed by atoms with Crippen LogP contribution in [0.5, 0.6) is 11.5 Å². The van der Waals surface area contributed by atoms with Crippen molar-refractivity contribution in [3.8, 4) is 17.6 Å². The van der Waals surface area contributed by atoms with Gasteiger partial charge in [-0.15, -0.1) is 11.8 Å². The Labute approximate surface area is 159 Å². The molecule has 0 saturated heterocycles. The molecule has 1 heterocycles. The molecule has 26 heavy (non-hydrogen) atoms. The maximum Gasteiger partial charge on any atom is 0.234 e. The van der Waals surface area contributed by atoms with Gasteiger partial charge in [-0.2, -0.15) is 5.26 Å². The molecular weight excluding hydrogens is 374 g/mol. The fourth-order valence-corrected chi connectivity index (χ4v) is 3.41. The van der Waals surface area contributed by atoms with Crippen molar-refractivity contribution in [2.75, 3.05) is 37.3 Å². The molecule has 0 aliphatic rings. The first-order valence-corrected chi connectivity index (χ1v) is 9.49. The lowest BCUT2D eigenvalue weighted by molar-refractivity contribution is -0.113. The van der Waals surface area contributed by atoms with Crippen LogP contribution in [0, 0.1) is 11.3 Å². The highest BCUT2D eigenvalue weighted by atomic mass is 32.2. The van der Waals surface area contributed by atoms with Crippen LogP contribution < -0.4 is 20.5 Å². The molecule has 8 nitrogen and oxygen atoms in total. The van der Waals surface area contributed by atoms with Gasteiger partial charge in [-0.05, 0) is 18.4 Å². The topological polar surface area (TPSA) is 123 Å². The van der Waals surface area contributed by atoms with Crippen molar-refractivity contribution in [3.63, 3.8) is 0 Å². The summed E-state index contributed by atoms with van der Waals surface area (Å²) in [6, 6.07) is 7.13. The molecular formula is C16H17N5O3S2. The number of rotatable bonds is 7. The number of methoxy groups -OCH3 is 2. The molecule has 0 radical (unpaired) electrons.